The van der Waals surface area contributed by atoms with Crippen LogP contribution in [0.25, 0.3) is 10.8 Å². The van der Waals surface area contributed by atoms with Crippen LogP contribution in [0.4, 0.5) is 5.69 Å². The van der Waals surface area contributed by atoms with Crippen molar-refractivity contribution < 1.29 is 9.47 Å². The SMILES string of the molecule is COc1ccc(OC)c(NC(N)=NCc2cccc3ccccc23)c1. The Morgan fingerprint density at radius 1 is 1.00 bits per heavy atom. The Labute approximate surface area is 147 Å². The predicted octanol–water partition coefficient (Wildman–Crippen LogP) is 3.78. The predicted molar refractivity (Wildman–Crippen MR) is 102 cm³/mol. The first-order valence-corrected chi connectivity index (χ1v) is 7.97. The lowest BCUT2D eigenvalue weighted by Crippen LogP contribution is -2.23. The van der Waals surface area contributed by atoms with E-state index in [-0.39, 0.29) is 0 Å². The number of hydrogen-bond acceptors (Lipinski definition) is 3. The lowest BCUT2D eigenvalue weighted by atomic mass is 10.1. The molecule has 0 atom stereocenters. The van der Waals surface area contributed by atoms with Crippen molar-refractivity contribution in [2.24, 2.45) is 10.7 Å². The fourth-order valence-electron chi connectivity index (χ4n) is 2.69. The molecule has 5 heteroatoms. The Balaban J connectivity index is 1.80. The van der Waals surface area contributed by atoms with Crippen LogP contribution in [0.5, 0.6) is 11.5 Å². The van der Waals surface area contributed by atoms with Gasteiger partial charge in [0.1, 0.15) is 11.5 Å². The summed E-state index contributed by atoms with van der Waals surface area (Å²) in [4.78, 5) is 4.46. The number of rotatable bonds is 5. The van der Waals surface area contributed by atoms with Crippen LogP contribution in [0.2, 0.25) is 0 Å². The number of hydrogen-bond donors (Lipinski definition) is 2. The third kappa shape index (κ3) is 3.83. The van der Waals surface area contributed by atoms with Gasteiger partial charge in [0.15, 0.2) is 5.96 Å². The summed E-state index contributed by atoms with van der Waals surface area (Å²) in [5.74, 6) is 1.70. The summed E-state index contributed by atoms with van der Waals surface area (Å²) in [7, 11) is 3.22. The molecule has 128 valence electrons. The Hall–Kier alpha value is -3.21. The van der Waals surface area contributed by atoms with E-state index in [1.807, 2.05) is 36.4 Å². The van der Waals surface area contributed by atoms with Gasteiger partial charge in [-0.05, 0) is 28.5 Å². The van der Waals surface area contributed by atoms with Crippen LogP contribution in [0.15, 0.2) is 65.7 Å². The number of anilines is 1. The van der Waals surface area contributed by atoms with Gasteiger partial charge >= 0.3 is 0 Å². The maximum atomic E-state index is 6.06. The molecule has 3 N–H and O–H groups in total. The minimum Gasteiger partial charge on any atom is -0.497 e. The molecule has 25 heavy (non-hydrogen) atoms. The number of nitrogens with one attached hydrogen (secondary N) is 1. The van der Waals surface area contributed by atoms with Crippen LogP contribution < -0.4 is 20.5 Å². The number of ether oxygens (including phenoxy) is 2. The number of guanidine groups is 1. The molecule has 0 bridgehead atoms. The van der Waals surface area contributed by atoms with Crippen LogP contribution >= 0.6 is 0 Å². The van der Waals surface area contributed by atoms with Crippen molar-refractivity contribution in [3.8, 4) is 11.5 Å². The fraction of sp³-hybridized carbons (Fsp3) is 0.150. The first kappa shape index (κ1) is 16.6. The van der Waals surface area contributed by atoms with Crippen LogP contribution in [-0.2, 0) is 6.54 Å². The molecule has 0 aromatic heterocycles. The van der Waals surface area contributed by atoms with Crippen molar-refractivity contribution in [1.29, 1.82) is 0 Å². The summed E-state index contributed by atoms with van der Waals surface area (Å²) in [5.41, 5.74) is 7.89. The van der Waals surface area contributed by atoms with Crippen molar-refractivity contribution in [3.63, 3.8) is 0 Å². The van der Waals surface area contributed by atoms with Crippen LogP contribution in [-0.4, -0.2) is 20.2 Å². The summed E-state index contributed by atoms with van der Waals surface area (Å²) in [6.45, 7) is 0.493. The smallest absolute Gasteiger partial charge is 0.193 e. The van der Waals surface area contributed by atoms with Crippen molar-refractivity contribution in [1.82, 2.24) is 0 Å². The molecule has 0 fully saturated rings. The van der Waals surface area contributed by atoms with Gasteiger partial charge in [-0.25, -0.2) is 4.99 Å². The molecular weight excluding hydrogens is 314 g/mol. The molecule has 3 aromatic carbocycles. The van der Waals surface area contributed by atoms with Crippen molar-refractivity contribution in [3.05, 3.63) is 66.2 Å². The molecule has 0 aliphatic heterocycles. The van der Waals surface area contributed by atoms with Gasteiger partial charge in [-0.2, -0.15) is 0 Å². The lowest BCUT2D eigenvalue weighted by Gasteiger charge is -2.12. The van der Waals surface area contributed by atoms with E-state index >= 15 is 0 Å². The molecule has 0 amide bonds. The van der Waals surface area contributed by atoms with Crippen LogP contribution in [0.3, 0.4) is 0 Å². The Bertz CT molecular complexity index is 901. The van der Waals surface area contributed by atoms with E-state index < -0.39 is 0 Å². The molecule has 0 radical (unpaired) electrons. The minimum atomic E-state index is 0.319. The molecule has 0 saturated carbocycles. The van der Waals surface area contributed by atoms with E-state index in [4.69, 9.17) is 15.2 Å². The van der Waals surface area contributed by atoms with Gasteiger partial charge in [-0.15, -0.1) is 0 Å². The third-order valence-corrected chi connectivity index (χ3v) is 3.97. The van der Waals surface area contributed by atoms with Crippen molar-refractivity contribution in [2.75, 3.05) is 19.5 Å². The molecule has 0 heterocycles. The van der Waals surface area contributed by atoms with Gasteiger partial charge < -0.3 is 20.5 Å². The monoisotopic (exact) mass is 335 g/mol. The number of fused-ring (bicyclic) bond motifs is 1. The minimum absolute atomic E-state index is 0.319. The Morgan fingerprint density at radius 2 is 1.80 bits per heavy atom. The number of methoxy groups -OCH3 is 2. The first-order chi connectivity index (χ1) is 12.2. The zero-order valence-corrected chi connectivity index (χ0v) is 14.3. The van der Waals surface area contributed by atoms with E-state index in [1.165, 1.54) is 10.8 Å². The van der Waals surface area contributed by atoms with E-state index in [0.29, 0.717) is 29.7 Å². The van der Waals surface area contributed by atoms with E-state index in [9.17, 15) is 0 Å². The van der Waals surface area contributed by atoms with Gasteiger partial charge in [-0.1, -0.05) is 42.5 Å². The fourth-order valence-corrected chi connectivity index (χ4v) is 2.69. The highest BCUT2D eigenvalue weighted by Gasteiger charge is 2.06. The molecule has 0 spiro atoms. The largest absolute Gasteiger partial charge is 0.497 e. The summed E-state index contributed by atoms with van der Waals surface area (Å²) in [6.07, 6.45) is 0. The first-order valence-electron chi connectivity index (χ1n) is 7.97. The Kier molecular flexibility index (Phi) is 5.04. The van der Waals surface area contributed by atoms with Crippen LogP contribution in [0, 0.1) is 0 Å². The molecule has 3 rings (SSSR count). The molecule has 0 aliphatic carbocycles. The van der Waals surface area contributed by atoms with E-state index in [0.717, 1.165) is 5.56 Å². The normalized spacial score (nSPS) is 11.4. The number of benzene rings is 3. The zero-order chi connectivity index (χ0) is 17.6. The van der Waals surface area contributed by atoms with Gasteiger partial charge in [-0.3, -0.25) is 0 Å². The highest BCUT2D eigenvalue weighted by atomic mass is 16.5. The number of nitrogens with zero attached hydrogens (tertiary/aromatic N) is 1. The topological polar surface area (TPSA) is 68.9 Å². The van der Waals surface area contributed by atoms with Crippen molar-refractivity contribution >= 4 is 22.4 Å². The summed E-state index contributed by atoms with van der Waals surface area (Å²) >= 11 is 0. The molecule has 3 aromatic rings. The van der Waals surface area contributed by atoms with Crippen molar-refractivity contribution in [2.45, 2.75) is 6.54 Å². The zero-order valence-electron chi connectivity index (χ0n) is 14.3. The average molecular weight is 335 g/mol. The van der Waals surface area contributed by atoms with Gasteiger partial charge in [0.2, 0.25) is 0 Å². The molecular formula is C20H21N3O2. The van der Waals surface area contributed by atoms with E-state index in [2.05, 4.69) is 34.6 Å². The third-order valence-electron chi connectivity index (χ3n) is 3.97. The quantitative estimate of drug-likeness (QED) is 0.550. The number of aliphatic imine (C=N–C) groups is 1. The standard InChI is InChI=1S/C20H21N3O2/c1-24-16-10-11-19(25-2)18(12-16)23-20(21)22-13-15-8-5-7-14-6-3-4-9-17(14)15/h3-12H,13H2,1-2H3,(H3,21,22,23). The maximum Gasteiger partial charge on any atom is 0.193 e. The highest BCUT2D eigenvalue weighted by Crippen LogP contribution is 2.28. The van der Waals surface area contributed by atoms with Gasteiger partial charge in [0.25, 0.3) is 0 Å². The van der Waals surface area contributed by atoms with Gasteiger partial charge in [0.05, 0.1) is 26.5 Å². The molecule has 0 aliphatic rings. The second-order valence-corrected chi connectivity index (χ2v) is 5.53. The summed E-state index contributed by atoms with van der Waals surface area (Å²) < 4.78 is 10.6. The lowest BCUT2D eigenvalue weighted by molar-refractivity contribution is 0.405. The number of nitrogens with two attached hydrogens (primary N) is 1. The molecule has 0 unspecified atom stereocenters. The molecule has 0 saturated heterocycles. The second kappa shape index (κ2) is 7.57. The van der Waals surface area contributed by atoms with Crippen LogP contribution in [0.1, 0.15) is 5.56 Å². The van der Waals surface area contributed by atoms with E-state index in [1.54, 1.807) is 14.2 Å². The average Bonchev–Trinajstić information content (AvgIpc) is 2.66. The summed E-state index contributed by atoms with van der Waals surface area (Å²) in [6, 6.07) is 19.9. The summed E-state index contributed by atoms with van der Waals surface area (Å²) in [5, 5.41) is 5.45. The second-order valence-electron chi connectivity index (χ2n) is 5.53. The highest BCUT2D eigenvalue weighted by molar-refractivity contribution is 5.94. The van der Waals surface area contributed by atoms with Gasteiger partial charge in [0, 0.05) is 6.07 Å². The Morgan fingerprint density at radius 3 is 2.60 bits per heavy atom. The molecule has 5 nitrogen and oxygen atoms in total. The maximum absolute atomic E-state index is 6.06.